The Morgan fingerprint density at radius 1 is 1.11 bits per heavy atom. The SMILES string of the molecule is CC(C)C[C@@H](C=O)NC(=O)[C@H](COP(=O)(O)O)NC(=O)[C@H](C)NC(=O)CN. The highest BCUT2D eigenvalue weighted by atomic mass is 31.2. The molecule has 27 heavy (non-hydrogen) atoms. The first-order valence-corrected chi connectivity index (χ1v) is 9.68. The summed E-state index contributed by atoms with van der Waals surface area (Å²) in [5, 5.41) is 6.84. The van der Waals surface area contributed by atoms with Crippen LogP contribution in [-0.4, -0.2) is 65.1 Å². The number of nitrogens with two attached hydrogens (primary N) is 1. The summed E-state index contributed by atoms with van der Waals surface area (Å²) in [4.78, 5) is 64.3. The molecule has 0 unspecified atom stereocenters. The molecule has 0 aliphatic heterocycles. The average Bonchev–Trinajstić information content (AvgIpc) is 2.55. The van der Waals surface area contributed by atoms with Gasteiger partial charge in [0.1, 0.15) is 18.4 Å². The van der Waals surface area contributed by atoms with Gasteiger partial charge in [0.15, 0.2) is 0 Å². The van der Waals surface area contributed by atoms with Gasteiger partial charge < -0.3 is 36.3 Å². The zero-order valence-corrected chi connectivity index (χ0v) is 16.3. The summed E-state index contributed by atoms with van der Waals surface area (Å²) in [5.74, 6) is -2.20. The van der Waals surface area contributed by atoms with Crippen LogP contribution in [0.1, 0.15) is 27.2 Å². The van der Waals surface area contributed by atoms with Crippen LogP contribution in [0.3, 0.4) is 0 Å². The Kier molecular flexibility index (Phi) is 11.0. The monoisotopic (exact) mass is 410 g/mol. The number of aldehydes is 1. The molecule has 0 saturated heterocycles. The number of carbonyl (C=O) groups excluding carboxylic acids is 4. The lowest BCUT2D eigenvalue weighted by atomic mass is 10.0. The highest BCUT2D eigenvalue weighted by Crippen LogP contribution is 2.35. The van der Waals surface area contributed by atoms with Crippen LogP contribution in [-0.2, 0) is 28.3 Å². The topological polar surface area (TPSA) is 197 Å². The Balaban J connectivity index is 5.11. The maximum absolute atomic E-state index is 12.3. The van der Waals surface area contributed by atoms with E-state index in [-0.39, 0.29) is 12.5 Å². The van der Waals surface area contributed by atoms with E-state index in [0.717, 1.165) is 0 Å². The lowest BCUT2D eigenvalue weighted by Crippen LogP contribution is -2.56. The minimum atomic E-state index is -4.90. The van der Waals surface area contributed by atoms with Crippen molar-refractivity contribution in [3.63, 3.8) is 0 Å². The van der Waals surface area contributed by atoms with Gasteiger partial charge in [0.25, 0.3) is 0 Å². The molecule has 0 rings (SSSR count). The number of carbonyl (C=O) groups is 4. The summed E-state index contributed by atoms with van der Waals surface area (Å²) >= 11 is 0. The maximum atomic E-state index is 12.3. The molecular weight excluding hydrogens is 383 g/mol. The van der Waals surface area contributed by atoms with Gasteiger partial charge in [-0.25, -0.2) is 4.57 Å². The molecule has 0 bridgehead atoms. The Bertz CT molecular complexity index is 579. The fourth-order valence-electron chi connectivity index (χ4n) is 1.96. The van der Waals surface area contributed by atoms with Gasteiger partial charge in [0.05, 0.1) is 19.2 Å². The van der Waals surface area contributed by atoms with Crippen LogP contribution in [0.4, 0.5) is 0 Å². The minimum absolute atomic E-state index is 0.0892. The quantitative estimate of drug-likeness (QED) is 0.152. The van der Waals surface area contributed by atoms with Crippen LogP contribution < -0.4 is 21.7 Å². The molecule has 0 aliphatic rings. The van der Waals surface area contributed by atoms with Crippen molar-refractivity contribution in [2.75, 3.05) is 13.2 Å². The van der Waals surface area contributed by atoms with E-state index in [2.05, 4.69) is 20.5 Å². The van der Waals surface area contributed by atoms with Gasteiger partial charge in [-0.15, -0.1) is 0 Å². The molecule has 156 valence electrons. The second kappa shape index (κ2) is 11.8. The Hall–Kier alpha value is -1.85. The lowest BCUT2D eigenvalue weighted by Gasteiger charge is -2.23. The highest BCUT2D eigenvalue weighted by Gasteiger charge is 2.28. The molecule has 0 spiro atoms. The van der Waals surface area contributed by atoms with E-state index in [4.69, 9.17) is 15.5 Å². The molecule has 0 aromatic carbocycles. The van der Waals surface area contributed by atoms with Gasteiger partial charge in [0, 0.05) is 0 Å². The van der Waals surface area contributed by atoms with Crippen molar-refractivity contribution < 1.29 is 38.1 Å². The van der Waals surface area contributed by atoms with Gasteiger partial charge in [-0.3, -0.25) is 18.9 Å². The number of nitrogens with one attached hydrogen (secondary N) is 3. The Morgan fingerprint density at radius 3 is 2.15 bits per heavy atom. The van der Waals surface area contributed by atoms with Crippen molar-refractivity contribution >= 4 is 31.8 Å². The van der Waals surface area contributed by atoms with Crippen LogP contribution in [0.2, 0.25) is 0 Å². The first-order chi connectivity index (χ1) is 12.4. The van der Waals surface area contributed by atoms with Crippen molar-refractivity contribution in [3.8, 4) is 0 Å². The van der Waals surface area contributed by atoms with E-state index in [0.29, 0.717) is 12.7 Å². The molecule has 12 nitrogen and oxygen atoms in total. The second-order valence-electron chi connectivity index (χ2n) is 6.22. The van der Waals surface area contributed by atoms with Gasteiger partial charge in [-0.2, -0.15) is 0 Å². The van der Waals surface area contributed by atoms with E-state index in [9.17, 15) is 23.7 Å². The standard InChI is InChI=1S/C14H27N4O8P/c1-8(2)4-10(6-19)17-14(22)11(7-26-27(23,24)25)18-13(21)9(3)16-12(20)5-15/h6,8-11H,4-5,7,15H2,1-3H3,(H,16,20)(H,17,22)(H,18,21)(H2,23,24,25)/t9-,10-,11-/m0/s1. The predicted molar refractivity (Wildman–Crippen MR) is 94.0 cm³/mol. The first-order valence-electron chi connectivity index (χ1n) is 8.15. The Morgan fingerprint density at radius 2 is 1.70 bits per heavy atom. The van der Waals surface area contributed by atoms with E-state index >= 15 is 0 Å². The van der Waals surface area contributed by atoms with Crippen LogP contribution in [0, 0.1) is 5.92 Å². The fraction of sp³-hybridized carbons (Fsp3) is 0.714. The minimum Gasteiger partial charge on any atom is -0.345 e. The molecule has 0 aromatic rings. The van der Waals surface area contributed by atoms with E-state index < -0.39 is 50.3 Å². The van der Waals surface area contributed by atoms with Crippen molar-refractivity contribution in [2.24, 2.45) is 11.7 Å². The third-order valence-electron chi connectivity index (χ3n) is 3.22. The third-order valence-corrected chi connectivity index (χ3v) is 3.70. The number of hydrogen-bond acceptors (Lipinski definition) is 7. The number of phosphoric ester groups is 1. The summed E-state index contributed by atoms with van der Waals surface area (Å²) in [6.45, 7) is 3.81. The molecule has 0 aromatic heterocycles. The summed E-state index contributed by atoms with van der Waals surface area (Å²) in [7, 11) is -4.90. The van der Waals surface area contributed by atoms with E-state index in [1.54, 1.807) is 0 Å². The van der Waals surface area contributed by atoms with Gasteiger partial charge >= 0.3 is 7.82 Å². The molecule has 0 heterocycles. The Labute approximate surface area is 156 Å². The molecule has 7 N–H and O–H groups in total. The van der Waals surface area contributed by atoms with Gasteiger partial charge in [0.2, 0.25) is 17.7 Å². The molecule has 0 aliphatic carbocycles. The normalized spacial score (nSPS) is 14.8. The van der Waals surface area contributed by atoms with Crippen molar-refractivity contribution in [1.82, 2.24) is 16.0 Å². The van der Waals surface area contributed by atoms with Crippen LogP contribution >= 0.6 is 7.82 Å². The summed E-state index contributed by atoms with van der Waals surface area (Å²) in [6.07, 6.45) is 0.850. The van der Waals surface area contributed by atoms with E-state index in [1.165, 1.54) is 6.92 Å². The largest absolute Gasteiger partial charge is 0.469 e. The first kappa shape index (κ1) is 25.1. The lowest BCUT2D eigenvalue weighted by molar-refractivity contribution is -0.132. The number of rotatable bonds is 12. The predicted octanol–water partition coefficient (Wildman–Crippen LogP) is -2.23. The molecule has 0 radical (unpaired) electrons. The number of amides is 3. The highest BCUT2D eigenvalue weighted by molar-refractivity contribution is 7.46. The molecular formula is C14H27N4O8P. The molecule has 13 heteroatoms. The van der Waals surface area contributed by atoms with Crippen LogP contribution in [0.25, 0.3) is 0 Å². The van der Waals surface area contributed by atoms with Gasteiger partial charge in [-0.05, 0) is 19.3 Å². The summed E-state index contributed by atoms with van der Waals surface area (Å²) in [6, 6.07) is -3.41. The van der Waals surface area contributed by atoms with Crippen LogP contribution in [0.15, 0.2) is 0 Å². The summed E-state index contributed by atoms with van der Waals surface area (Å²) in [5.41, 5.74) is 5.13. The summed E-state index contributed by atoms with van der Waals surface area (Å²) < 4.78 is 15.2. The number of hydrogen-bond donors (Lipinski definition) is 6. The molecule has 3 amide bonds. The zero-order chi connectivity index (χ0) is 21.2. The van der Waals surface area contributed by atoms with Crippen molar-refractivity contribution in [3.05, 3.63) is 0 Å². The molecule has 3 atom stereocenters. The van der Waals surface area contributed by atoms with Crippen molar-refractivity contribution in [2.45, 2.75) is 45.3 Å². The molecule has 0 fully saturated rings. The van der Waals surface area contributed by atoms with Gasteiger partial charge in [-0.1, -0.05) is 13.8 Å². The smallest absolute Gasteiger partial charge is 0.345 e. The molecule has 0 saturated carbocycles. The fourth-order valence-corrected chi connectivity index (χ4v) is 2.30. The number of phosphoric acid groups is 1. The zero-order valence-electron chi connectivity index (χ0n) is 15.4. The average molecular weight is 410 g/mol. The third kappa shape index (κ3) is 11.5. The maximum Gasteiger partial charge on any atom is 0.469 e. The second-order valence-corrected chi connectivity index (χ2v) is 7.46. The van der Waals surface area contributed by atoms with E-state index in [1.807, 2.05) is 13.8 Å². The van der Waals surface area contributed by atoms with Crippen LogP contribution in [0.5, 0.6) is 0 Å². The van der Waals surface area contributed by atoms with Crippen molar-refractivity contribution in [1.29, 1.82) is 0 Å².